The van der Waals surface area contributed by atoms with E-state index < -0.39 is 19.9 Å². The van der Waals surface area contributed by atoms with Crippen molar-refractivity contribution in [3.63, 3.8) is 0 Å². The molecule has 44 valence electrons. The van der Waals surface area contributed by atoms with Crippen molar-refractivity contribution in [3.8, 4) is 0 Å². The number of hydrogen-bond acceptors (Lipinski definition) is 3. The summed E-state index contributed by atoms with van der Waals surface area (Å²) in [5.74, 6) is 0. The van der Waals surface area contributed by atoms with Crippen molar-refractivity contribution < 1.29 is 17.3 Å². The Morgan fingerprint density at radius 2 is 2.86 bits per heavy atom. The first-order valence-corrected chi connectivity index (χ1v) is 4.33. The summed E-state index contributed by atoms with van der Waals surface area (Å²) in [6.45, 7) is -4.14. The summed E-state index contributed by atoms with van der Waals surface area (Å²) in [4.78, 5) is 0. The van der Waals surface area contributed by atoms with Crippen LogP contribution in [0.2, 0.25) is 0 Å². The van der Waals surface area contributed by atoms with Crippen LogP contribution >= 0.6 is 18.1 Å². The minimum absolute atomic E-state index is 0.163. The van der Waals surface area contributed by atoms with E-state index in [9.17, 15) is 4.57 Å². The minimum Gasteiger partial charge on any atom is -0.313 e. The zero-order chi connectivity index (χ0) is 10.9. The highest BCUT2D eigenvalue weighted by molar-refractivity contribution is 8.55. The van der Waals surface area contributed by atoms with Gasteiger partial charge in [0.1, 0.15) is 0 Å². The average Bonchev–Trinajstić information content (AvgIpc) is 1.43. The van der Waals surface area contributed by atoms with E-state index >= 15 is 0 Å². The third-order valence-electron chi connectivity index (χ3n) is 0.254. The molecular formula is C2H8NO2PS. The molecule has 0 fully saturated rings. The fourth-order valence-electron chi connectivity index (χ4n) is 0.0186. The van der Waals surface area contributed by atoms with Crippen LogP contribution in [-0.4, -0.2) is 13.2 Å². The summed E-state index contributed by atoms with van der Waals surface area (Å²) >= 11 is -0.163. The Balaban J connectivity index is 4.35. The summed E-state index contributed by atoms with van der Waals surface area (Å²) in [6.07, 6.45) is -2.64. The molecule has 0 rings (SSSR count). The molecule has 0 spiro atoms. The summed E-state index contributed by atoms with van der Waals surface area (Å²) in [5, 5.41) is 0. The first kappa shape index (κ1) is 2.03. The van der Waals surface area contributed by atoms with Gasteiger partial charge in [-0.15, -0.1) is 0 Å². The van der Waals surface area contributed by atoms with Crippen LogP contribution in [0.15, 0.2) is 0 Å². The molecule has 0 aliphatic carbocycles. The molecule has 0 aromatic carbocycles. The molecule has 0 aliphatic heterocycles. The maximum atomic E-state index is 11.0. The highest BCUT2D eigenvalue weighted by Gasteiger charge is 2.09. The summed E-state index contributed by atoms with van der Waals surface area (Å²) < 4.78 is 54.7. The quantitative estimate of drug-likeness (QED) is 0.593. The van der Waals surface area contributed by atoms with Crippen molar-refractivity contribution in [2.45, 2.75) is 0 Å². The largest absolute Gasteiger partial charge is 0.323 e. The van der Waals surface area contributed by atoms with Crippen LogP contribution in [0.3, 0.4) is 0 Å². The maximum Gasteiger partial charge on any atom is 0.323 e. The van der Waals surface area contributed by atoms with Gasteiger partial charge in [0.05, 0.1) is 4.11 Å². The monoisotopic (exact) mass is 147 g/mol. The van der Waals surface area contributed by atoms with Crippen molar-refractivity contribution in [3.05, 3.63) is 0 Å². The van der Waals surface area contributed by atoms with E-state index in [1.165, 1.54) is 0 Å². The van der Waals surface area contributed by atoms with Gasteiger partial charge in [0.2, 0.25) is 0 Å². The molecule has 3 nitrogen and oxygen atoms in total. The molecule has 7 heavy (non-hydrogen) atoms. The third-order valence-corrected chi connectivity index (χ3v) is 1.75. The Morgan fingerprint density at radius 3 is 3.29 bits per heavy atom. The SMILES string of the molecule is [2H]C([2H])([2H])OP(N)(=O)SC([2H])([2H])[2H]. The van der Waals surface area contributed by atoms with Crippen LogP contribution in [0, 0.1) is 0 Å². The number of hydrogen-bond donors (Lipinski definition) is 1. The fourth-order valence-corrected chi connectivity index (χ4v) is 0.168. The standard InChI is InChI=1S/C2H8NO2PS/c1-5-6(3,4)7-2/h1-2H3,(H2,3,4)/i1D3,2D3. The summed E-state index contributed by atoms with van der Waals surface area (Å²) in [7, 11) is -2.96. The van der Waals surface area contributed by atoms with E-state index in [1.807, 2.05) is 0 Å². The smallest absolute Gasteiger partial charge is 0.313 e. The molecule has 0 saturated heterocycles. The fraction of sp³-hybridized carbons (Fsp3) is 1.00. The van der Waals surface area contributed by atoms with E-state index in [0.717, 1.165) is 0 Å². The van der Waals surface area contributed by atoms with E-state index in [4.69, 9.17) is 13.7 Å². The molecule has 0 aromatic rings. The molecule has 5 heteroatoms. The van der Waals surface area contributed by atoms with Crippen molar-refractivity contribution in [1.29, 1.82) is 0 Å². The lowest BCUT2D eigenvalue weighted by Gasteiger charge is -2.02. The van der Waals surface area contributed by atoms with Gasteiger partial charge in [-0.05, 0) is 6.18 Å². The van der Waals surface area contributed by atoms with Crippen molar-refractivity contribution in [2.24, 2.45) is 5.50 Å². The number of nitrogens with two attached hydrogens (primary N) is 1. The summed E-state index contributed by atoms with van der Waals surface area (Å²) in [5.41, 5.74) is 4.87. The van der Waals surface area contributed by atoms with Crippen molar-refractivity contribution in [2.75, 3.05) is 13.2 Å². The van der Waals surface area contributed by atoms with Crippen LogP contribution in [0.25, 0.3) is 0 Å². The molecule has 0 bridgehead atoms. The first-order chi connectivity index (χ1) is 5.41. The Hall–Kier alpha value is 0.500. The van der Waals surface area contributed by atoms with E-state index in [-0.39, 0.29) is 11.4 Å². The van der Waals surface area contributed by atoms with Gasteiger partial charge >= 0.3 is 6.72 Å². The van der Waals surface area contributed by atoms with Crippen LogP contribution < -0.4 is 5.50 Å². The van der Waals surface area contributed by atoms with Gasteiger partial charge < -0.3 is 4.52 Å². The zero-order valence-corrected chi connectivity index (χ0v) is 4.96. The second-order valence-electron chi connectivity index (χ2n) is 0.722. The Labute approximate surface area is 55.3 Å². The van der Waals surface area contributed by atoms with E-state index in [1.54, 1.807) is 0 Å². The lowest BCUT2D eigenvalue weighted by atomic mass is 11.8. The van der Waals surface area contributed by atoms with Crippen molar-refractivity contribution in [1.82, 2.24) is 0 Å². The van der Waals surface area contributed by atoms with Crippen molar-refractivity contribution >= 4 is 18.1 Å². The minimum atomic E-state index is -4.14. The average molecular weight is 147 g/mol. The zero-order valence-electron chi connectivity index (χ0n) is 9.25. The lowest BCUT2D eigenvalue weighted by Crippen LogP contribution is -1.89. The molecule has 0 aliphatic rings. The predicted molar refractivity (Wildman–Crippen MR) is 32.3 cm³/mol. The van der Waals surface area contributed by atoms with Gasteiger partial charge in [-0.1, -0.05) is 11.4 Å². The molecule has 2 N–H and O–H groups in total. The third kappa shape index (κ3) is 3.12. The molecule has 0 aromatic heterocycles. The van der Waals surface area contributed by atoms with Gasteiger partial charge in [0.25, 0.3) is 0 Å². The molecule has 0 amide bonds. The molecule has 1 atom stereocenters. The van der Waals surface area contributed by atoms with Crippen LogP contribution in [-0.2, 0) is 9.09 Å². The van der Waals surface area contributed by atoms with Gasteiger partial charge in [0.15, 0.2) is 0 Å². The molecule has 0 radical (unpaired) electrons. The Bertz CT molecular complexity index is 204. The highest BCUT2D eigenvalue weighted by Crippen LogP contribution is 2.48. The van der Waals surface area contributed by atoms with Gasteiger partial charge in [-0.2, -0.15) is 0 Å². The van der Waals surface area contributed by atoms with Gasteiger partial charge in [-0.25, -0.2) is 0 Å². The van der Waals surface area contributed by atoms with Crippen LogP contribution in [0.4, 0.5) is 0 Å². The maximum absolute atomic E-state index is 11.0. The normalized spacial score (nSPS) is 35.0. The first-order valence-electron chi connectivity index (χ1n) is 4.21. The van der Waals surface area contributed by atoms with Gasteiger partial charge in [-0.3, -0.25) is 10.1 Å². The second kappa shape index (κ2) is 2.72. The molecule has 1 unspecified atom stereocenters. The van der Waals surface area contributed by atoms with Crippen LogP contribution in [0.1, 0.15) is 8.22 Å². The number of rotatable bonds is 2. The summed E-state index contributed by atoms with van der Waals surface area (Å²) in [6, 6.07) is 0. The van der Waals surface area contributed by atoms with Gasteiger partial charge in [0, 0.05) is 11.2 Å². The lowest BCUT2D eigenvalue weighted by molar-refractivity contribution is 0.410. The predicted octanol–water partition coefficient (Wildman–Crippen LogP) is 1.06. The molecule has 0 saturated carbocycles. The van der Waals surface area contributed by atoms with E-state index in [0.29, 0.717) is 0 Å². The molecule has 0 heterocycles. The molecular weight excluding hydrogens is 133 g/mol. The topological polar surface area (TPSA) is 52.3 Å². The van der Waals surface area contributed by atoms with E-state index in [2.05, 4.69) is 4.52 Å². The Morgan fingerprint density at radius 1 is 2.14 bits per heavy atom. The Kier molecular flexibility index (Phi) is 0.788. The second-order valence-corrected chi connectivity index (χ2v) is 4.24. The van der Waals surface area contributed by atoms with Crippen LogP contribution in [0.5, 0.6) is 0 Å². The highest BCUT2D eigenvalue weighted by atomic mass is 32.7.